The third kappa shape index (κ3) is 1.91. The van der Waals surface area contributed by atoms with Crippen molar-refractivity contribution in [3.05, 3.63) is 0 Å². The first kappa shape index (κ1) is 11.0. The van der Waals surface area contributed by atoms with Crippen LogP contribution in [-0.4, -0.2) is 48.1 Å². The molecule has 3 fully saturated rings. The van der Waals surface area contributed by atoms with Gasteiger partial charge in [-0.05, 0) is 44.9 Å². The molecule has 2 saturated carbocycles. The van der Waals surface area contributed by atoms with Gasteiger partial charge in [0.15, 0.2) is 0 Å². The van der Waals surface area contributed by atoms with Gasteiger partial charge in [0.25, 0.3) is 0 Å². The minimum atomic E-state index is 0.738. The first-order valence-corrected chi connectivity index (χ1v) is 7.22. The fourth-order valence-electron chi connectivity index (χ4n) is 4.24. The first-order valence-electron chi connectivity index (χ1n) is 7.22. The molecule has 2 bridgehead atoms. The van der Waals surface area contributed by atoms with Crippen LogP contribution in [-0.2, 0) is 0 Å². The Morgan fingerprint density at radius 2 is 1.69 bits per heavy atom. The zero-order valence-electron chi connectivity index (χ0n) is 10.9. The normalized spacial score (nSPS) is 41.1. The maximum absolute atomic E-state index is 2.81. The van der Waals surface area contributed by atoms with Gasteiger partial charge in [0, 0.05) is 38.3 Å². The van der Waals surface area contributed by atoms with Crippen LogP contribution in [0.2, 0.25) is 0 Å². The van der Waals surface area contributed by atoms with Crippen LogP contribution in [0.5, 0.6) is 0 Å². The lowest BCUT2D eigenvalue weighted by atomic mass is 9.93. The van der Waals surface area contributed by atoms with Crippen molar-refractivity contribution in [2.24, 2.45) is 11.8 Å². The second-order valence-corrected chi connectivity index (χ2v) is 6.41. The lowest BCUT2D eigenvalue weighted by Crippen LogP contribution is -2.53. The van der Waals surface area contributed by atoms with Crippen LogP contribution in [0.3, 0.4) is 0 Å². The maximum atomic E-state index is 2.81. The molecule has 0 N–H and O–H groups in total. The van der Waals surface area contributed by atoms with Crippen molar-refractivity contribution in [2.45, 2.75) is 51.6 Å². The lowest BCUT2D eigenvalue weighted by molar-refractivity contribution is 0.0577. The SMILES string of the molecule is CC(C)N1CCN([C@@H]2C[C@H]3CC[C@@H]2C3)CC1. The molecule has 0 unspecified atom stereocenters. The monoisotopic (exact) mass is 222 g/mol. The van der Waals surface area contributed by atoms with Crippen LogP contribution in [0.15, 0.2) is 0 Å². The molecular formula is C14H26N2. The van der Waals surface area contributed by atoms with Gasteiger partial charge in [0.2, 0.25) is 0 Å². The van der Waals surface area contributed by atoms with Crippen molar-refractivity contribution >= 4 is 0 Å². The van der Waals surface area contributed by atoms with E-state index in [0.717, 1.165) is 23.9 Å². The van der Waals surface area contributed by atoms with Gasteiger partial charge in [0.1, 0.15) is 0 Å². The van der Waals surface area contributed by atoms with E-state index in [1.54, 1.807) is 6.42 Å². The number of hydrogen-bond donors (Lipinski definition) is 0. The molecule has 0 radical (unpaired) electrons. The highest BCUT2D eigenvalue weighted by molar-refractivity contribution is 4.96. The molecule has 3 atom stereocenters. The largest absolute Gasteiger partial charge is 0.298 e. The van der Waals surface area contributed by atoms with E-state index < -0.39 is 0 Å². The molecule has 2 heteroatoms. The van der Waals surface area contributed by atoms with Crippen LogP contribution in [0.1, 0.15) is 39.5 Å². The molecule has 0 aromatic rings. The van der Waals surface area contributed by atoms with Crippen molar-refractivity contribution in [3.8, 4) is 0 Å². The summed E-state index contributed by atoms with van der Waals surface area (Å²) in [5, 5.41) is 0. The van der Waals surface area contributed by atoms with Gasteiger partial charge in [-0.3, -0.25) is 9.80 Å². The molecular weight excluding hydrogens is 196 g/mol. The summed E-state index contributed by atoms with van der Waals surface area (Å²) in [5.41, 5.74) is 0. The van der Waals surface area contributed by atoms with Crippen LogP contribution >= 0.6 is 0 Å². The van der Waals surface area contributed by atoms with Gasteiger partial charge in [-0.25, -0.2) is 0 Å². The molecule has 3 aliphatic rings. The predicted molar refractivity (Wildman–Crippen MR) is 67.5 cm³/mol. The fourth-order valence-corrected chi connectivity index (χ4v) is 4.24. The van der Waals surface area contributed by atoms with Crippen LogP contribution in [0.25, 0.3) is 0 Å². The van der Waals surface area contributed by atoms with Crippen LogP contribution < -0.4 is 0 Å². The standard InChI is InChI=1S/C14H26N2/c1-11(2)15-5-7-16(8-6-15)14-10-12-3-4-13(14)9-12/h11-14H,3-10H2,1-2H3/t12-,13+,14+/m0/s1. The summed E-state index contributed by atoms with van der Waals surface area (Å²) in [5.74, 6) is 2.16. The van der Waals surface area contributed by atoms with E-state index in [-0.39, 0.29) is 0 Å². The predicted octanol–water partition coefficient (Wildman–Crippen LogP) is 2.20. The van der Waals surface area contributed by atoms with Crippen molar-refractivity contribution < 1.29 is 0 Å². The van der Waals surface area contributed by atoms with E-state index in [1.807, 2.05) is 0 Å². The summed E-state index contributed by atoms with van der Waals surface area (Å²) in [4.78, 5) is 5.44. The van der Waals surface area contributed by atoms with E-state index in [1.165, 1.54) is 45.4 Å². The Hall–Kier alpha value is -0.0800. The van der Waals surface area contributed by atoms with Crippen molar-refractivity contribution in [2.75, 3.05) is 26.2 Å². The van der Waals surface area contributed by atoms with Gasteiger partial charge >= 0.3 is 0 Å². The van der Waals surface area contributed by atoms with Gasteiger partial charge < -0.3 is 0 Å². The van der Waals surface area contributed by atoms with Gasteiger partial charge in [-0.1, -0.05) is 6.42 Å². The maximum Gasteiger partial charge on any atom is 0.0127 e. The quantitative estimate of drug-likeness (QED) is 0.707. The molecule has 92 valence electrons. The van der Waals surface area contributed by atoms with E-state index in [4.69, 9.17) is 0 Å². The Morgan fingerprint density at radius 1 is 0.938 bits per heavy atom. The number of nitrogens with zero attached hydrogens (tertiary/aromatic N) is 2. The summed E-state index contributed by atoms with van der Waals surface area (Å²) in [6.07, 6.45) is 6.13. The van der Waals surface area contributed by atoms with Gasteiger partial charge in [-0.15, -0.1) is 0 Å². The minimum Gasteiger partial charge on any atom is -0.298 e. The molecule has 0 aromatic carbocycles. The Bertz CT molecular complexity index is 243. The lowest BCUT2D eigenvalue weighted by Gasteiger charge is -2.42. The highest BCUT2D eigenvalue weighted by Gasteiger charge is 2.42. The molecule has 2 aliphatic carbocycles. The molecule has 0 spiro atoms. The Balaban J connectivity index is 1.54. The Morgan fingerprint density at radius 3 is 2.19 bits per heavy atom. The third-order valence-electron chi connectivity index (χ3n) is 5.25. The van der Waals surface area contributed by atoms with Crippen LogP contribution in [0.4, 0.5) is 0 Å². The average molecular weight is 222 g/mol. The van der Waals surface area contributed by atoms with Crippen molar-refractivity contribution in [1.82, 2.24) is 9.80 Å². The summed E-state index contributed by atoms with van der Waals surface area (Å²) < 4.78 is 0. The molecule has 16 heavy (non-hydrogen) atoms. The molecule has 2 nitrogen and oxygen atoms in total. The zero-order chi connectivity index (χ0) is 11.1. The minimum absolute atomic E-state index is 0.738. The zero-order valence-corrected chi connectivity index (χ0v) is 10.9. The second-order valence-electron chi connectivity index (χ2n) is 6.41. The van der Waals surface area contributed by atoms with E-state index in [0.29, 0.717) is 0 Å². The smallest absolute Gasteiger partial charge is 0.0127 e. The van der Waals surface area contributed by atoms with Gasteiger partial charge in [0.05, 0.1) is 0 Å². The second kappa shape index (κ2) is 4.30. The Labute approximate surface area is 100.0 Å². The average Bonchev–Trinajstić information content (AvgIpc) is 2.91. The number of fused-ring (bicyclic) bond motifs is 2. The van der Waals surface area contributed by atoms with Gasteiger partial charge in [-0.2, -0.15) is 0 Å². The van der Waals surface area contributed by atoms with Crippen molar-refractivity contribution in [3.63, 3.8) is 0 Å². The Kier molecular flexibility index (Phi) is 2.97. The number of piperazine rings is 1. The highest BCUT2D eigenvalue weighted by atomic mass is 15.3. The molecule has 0 amide bonds. The van der Waals surface area contributed by atoms with Crippen molar-refractivity contribution in [1.29, 1.82) is 0 Å². The third-order valence-corrected chi connectivity index (χ3v) is 5.25. The number of hydrogen-bond acceptors (Lipinski definition) is 2. The first-order chi connectivity index (χ1) is 7.74. The fraction of sp³-hybridized carbons (Fsp3) is 1.00. The molecule has 3 rings (SSSR count). The van der Waals surface area contributed by atoms with E-state index >= 15 is 0 Å². The molecule has 0 aromatic heterocycles. The molecule has 1 heterocycles. The summed E-state index contributed by atoms with van der Waals surface area (Å²) in [7, 11) is 0. The molecule has 1 saturated heterocycles. The van der Waals surface area contributed by atoms with Crippen LogP contribution in [0, 0.1) is 11.8 Å². The molecule has 1 aliphatic heterocycles. The highest BCUT2D eigenvalue weighted by Crippen LogP contribution is 2.46. The number of rotatable bonds is 2. The van der Waals surface area contributed by atoms with E-state index in [2.05, 4.69) is 23.6 Å². The topological polar surface area (TPSA) is 6.48 Å². The summed E-state index contributed by atoms with van der Waals surface area (Å²) in [6, 6.07) is 1.70. The van der Waals surface area contributed by atoms with E-state index in [9.17, 15) is 0 Å². The summed E-state index contributed by atoms with van der Waals surface area (Å²) in [6.45, 7) is 9.90. The summed E-state index contributed by atoms with van der Waals surface area (Å²) >= 11 is 0.